The van der Waals surface area contributed by atoms with Gasteiger partial charge in [-0.15, -0.1) is 0 Å². The van der Waals surface area contributed by atoms with Crippen molar-refractivity contribution < 1.29 is 17.9 Å². The smallest absolute Gasteiger partial charge is 0.229 e. The van der Waals surface area contributed by atoms with Crippen LogP contribution in [0.3, 0.4) is 0 Å². The first-order valence-corrected chi connectivity index (χ1v) is 10.3. The van der Waals surface area contributed by atoms with E-state index in [2.05, 4.69) is 10.0 Å². The van der Waals surface area contributed by atoms with Crippen molar-refractivity contribution in [3.8, 4) is 5.75 Å². The van der Waals surface area contributed by atoms with Crippen LogP contribution in [0.5, 0.6) is 5.75 Å². The SMILES string of the molecule is CS(=O)(=O)Nc1cccc(CNC(=O)[C@@H]2COc3ccc(Cl)cc3C2)c1. The number of anilines is 1. The van der Waals surface area contributed by atoms with Crippen LogP contribution in [0.2, 0.25) is 5.02 Å². The van der Waals surface area contributed by atoms with Gasteiger partial charge in [0.15, 0.2) is 0 Å². The molecule has 2 N–H and O–H groups in total. The first kappa shape index (κ1) is 18.5. The second-order valence-electron chi connectivity index (χ2n) is 6.26. The van der Waals surface area contributed by atoms with Crippen LogP contribution in [0.4, 0.5) is 5.69 Å². The van der Waals surface area contributed by atoms with E-state index in [1.807, 2.05) is 18.2 Å². The first-order chi connectivity index (χ1) is 12.3. The number of carbonyl (C=O) groups is 1. The quantitative estimate of drug-likeness (QED) is 0.816. The van der Waals surface area contributed by atoms with Crippen molar-refractivity contribution in [1.82, 2.24) is 5.32 Å². The average molecular weight is 395 g/mol. The Bertz CT molecular complexity index is 931. The van der Waals surface area contributed by atoms with Crippen molar-refractivity contribution in [2.75, 3.05) is 17.6 Å². The minimum atomic E-state index is -3.34. The number of ether oxygens (including phenoxy) is 1. The van der Waals surface area contributed by atoms with Gasteiger partial charge in [0.25, 0.3) is 0 Å². The molecule has 1 atom stereocenters. The Balaban J connectivity index is 1.60. The molecule has 0 spiro atoms. The third-order valence-corrected chi connectivity index (χ3v) is 4.84. The van der Waals surface area contributed by atoms with E-state index in [0.29, 0.717) is 30.3 Å². The Morgan fingerprint density at radius 1 is 1.27 bits per heavy atom. The lowest BCUT2D eigenvalue weighted by molar-refractivity contribution is -0.126. The molecule has 1 amide bonds. The molecule has 0 unspecified atom stereocenters. The van der Waals surface area contributed by atoms with Crippen LogP contribution in [-0.2, 0) is 27.8 Å². The lowest BCUT2D eigenvalue weighted by atomic mass is 9.96. The summed E-state index contributed by atoms with van der Waals surface area (Å²) in [6.45, 7) is 0.618. The van der Waals surface area contributed by atoms with E-state index < -0.39 is 10.0 Å². The topological polar surface area (TPSA) is 84.5 Å². The molecule has 1 aliphatic heterocycles. The molecule has 1 heterocycles. The number of sulfonamides is 1. The van der Waals surface area contributed by atoms with Gasteiger partial charge >= 0.3 is 0 Å². The fraction of sp³-hybridized carbons (Fsp3) is 0.278. The van der Waals surface area contributed by atoms with Crippen LogP contribution >= 0.6 is 11.6 Å². The molecule has 0 radical (unpaired) electrons. The summed E-state index contributed by atoms with van der Waals surface area (Å²) in [5, 5.41) is 3.49. The van der Waals surface area contributed by atoms with E-state index in [1.165, 1.54) is 0 Å². The fourth-order valence-electron chi connectivity index (χ4n) is 2.82. The Labute approximate surface area is 157 Å². The van der Waals surface area contributed by atoms with Crippen molar-refractivity contribution in [2.45, 2.75) is 13.0 Å². The number of hydrogen-bond donors (Lipinski definition) is 2. The van der Waals surface area contributed by atoms with Gasteiger partial charge in [-0.2, -0.15) is 0 Å². The van der Waals surface area contributed by atoms with Gasteiger partial charge in [-0.1, -0.05) is 23.7 Å². The third-order valence-electron chi connectivity index (χ3n) is 4.00. The summed E-state index contributed by atoms with van der Waals surface area (Å²) in [7, 11) is -3.34. The van der Waals surface area contributed by atoms with Gasteiger partial charge < -0.3 is 10.1 Å². The van der Waals surface area contributed by atoms with Gasteiger partial charge in [-0.3, -0.25) is 9.52 Å². The molecule has 26 heavy (non-hydrogen) atoms. The number of carbonyl (C=O) groups excluding carboxylic acids is 1. The van der Waals surface area contributed by atoms with Crippen LogP contribution in [0.15, 0.2) is 42.5 Å². The number of amides is 1. The summed E-state index contributed by atoms with van der Waals surface area (Å²) < 4.78 is 30.7. The molecule has 0 saturated carbocycles. The van der Waals surface area contributed by atoms with Crippen LogP contribution < -0.4 is 14.8 Å². The van der Waals surface area contributed by atoms with Gasteiger partial charge in [0, 0.05) is 17.3 Å². The molecule has 0 saturated heterocycles. The normalized spacial score (nSPS) is 16.3. The molecule has 0 aliphatic carbocycles. The van der Waals surface area contributed by atoms with E-state index in [0.717, 1.165) is 23.1 Å². The third kappa shape index (κ3) is 4.89. The highest BCUT2D eigenvalue weighted by atomic mass is 35.5. The molecule has 8 heteroatoms. The molecule has 0 fully saturated rings. The summed E-state index contributed by atoms with van der Waals surface area (Å²) in [5.41, 5.74) is 2.18. The molecule has 138 valence electrons. The minimum Gasteiger partial charge on any atom is -0.492 e. The van der Waals surface area contributed by atoms with E-state index >= 15 is 0 Å². The number of fused-ring (bicyclic) bond motifs is 1. The molecule has 6 nitrogen and oxygen atoms in total. The average Bonchev–Trinajstić information content (AvgIpc) is 2.58. The molecule has 1 aliphatic rings. The van der Waals surface area contributed by atoms with Gasteiger partial charge in [-0.05, 0) is 47.9 Å². The molecule has 2 aromatic carbocycles. The van der Waals surface area contributed by atoms with Crippen molar-refractivity contribution in [2.24, 2.45) is 5.92 Å². The number of hydrogen-bond acceptors (Lipinski definition) is 4. The second-order valence-corrected chi connectivity index (χ2v) is 8.44. The van der Waals surface area contributed by atoms with Gasteiger partial charge in [0.2, 0.25) is 15.9 Å². The predicted molar refractivity (Wildman–Crippen MR) is 101 cm³/mol. The zero-order chi connectivity index (χ0) is 18.7. The van der Waals surface area contributed by atoms with Gasteiger partial charge in [0.1, 0.15) is 12.4 Å². The molecule has 2 aromatic rings. The monoisotopic (exact) mass is 394 g/mol. The van der Waals surface area contributed by atoms with Crippen molar-refractivity contribution in [3.63, 3.8) is 0 Å². The van der Waals surface area contributed by atoms with Crippen molar-refractivity contribution >= 4 is 33.2 Å². The molecule has 0 bridgehead atoms. The Morgan fingerprint density at radius 3 is 2.85 bits per heavy atom. The Morgan fingerprint density at radius 2 is 2.08 bits per heavy atom. The van der Waals surface area contributed by atoms with Crippen LogP contribution in [0.1, 0.15) is 11.1 Å². The largest absolute Gasteiger partial charge is 0.492 e. The van der Waals surface area contributed by atoms with Crippen molar-refractivity contribution in [1.29, 1.82) is 0 Å². The highest BCUT2D eigenvalue weighted by molar-refractivity contribution is 7.92. The number of nitrogens with one attached hydrogen (secondary N) is 2. The van der Waals surface area contributed by atoms with Crippen molar-refractivity contribution in [3.05, 3.63) is 58.6 Å². The number of rotatable bonds is 5. The highest BCUT2D eigenvalue weighted by Gasteiger charge is 2.26. The summed E-state index contributed by atoms with van der Waals surface area (Å²) in [5.74, 6) is 0.355. The van der Waals surface area contributed by atoms with Gasteiger partial charge in [0.05, 0.1) is 12.2 Å². The van der Waals surface area contributed by atoms with E-state index in [4.69, 9.17) is 16.3 Å². The zero-order valence-corrected chi connectivity index (χ0v) is 15.7. The highest BCUT2D eigenvalue weighted by Crippen LogP contribution is 2.29. The lowest BCUT2D eigenvalue weighted by Gasteiger charge is -2.24. The molecular formula is C18H19ClN2O4S. The lowest BCUT2D eigenvalue weighted by Crippen LogP contribution is -2.37. The predicted octanol–water partition coefficient (Wildman–Crippen LogP) is 2.58. The summed E-state index contributed by atoms with van der Waals surface area (Å²) in [6.07, 6.45) is 1.66. The number of benzene rings is 2. The van der Waals surface area contributed by atoms with Gasteiger partial charge in [-0.25, -0.2) is 8.42 Å². The van der Waals surface area contributed by atoms with E-state index in [9.17, 15) is 13.2 Å². The number of halogens is 1. The standard InChI is InChI=1S/C18H19ClN2O4S/c1-26(23,24)21-16-4-2-3-12(7-16)10-20-18(22)14-8-13-9-15(19)5-6-17(13)25-11-14/h2-7,9,14,21H,8,10-11H2,1H3,(H,20,22)/t14-/m0/s1. The Hall–Kier alpha value is -2.25. The van der Waals surface area contributed by atoms with Crippen LogP contribution in [0.25, 0.3) is 0 Å². The molecule has 3 rings (SSSR count). The maximum Gasteiger partial charge on any atom is 0.229 e. The summed E-state index contributed by atoms with van der Waals surface area (Å²) in [6, 6.07) is 12.3. The second kappa shape index (κ2) is 7.55. The summed E-state index contributed by atoms with van der Waals surface area (Å²) >= 11 is 6.00. The van der Waals surface area contributed by atoms with Crippen LogP contribution in [0, 0.1) is 5.92 Å². The zero-order valence-electron chi connectivity index (χ0n) is 14.2. The maximum absolute atomic E-state index is 12.4. The first-order valence-electron chi connectivity index (χ1n) is 8.06. The Kier molecular flexibility index (Phi) is 5.38. The molecular weight excluding hydrogens is 376 g/mol. The maximum atomic E-state index is 12.4. The van der Waals surface area contributed by atoms with Crippen LogP contribution in [-0.4, -0.2) is 27.2 Å². The van der Waals surface area contributed by atoms with E-state index in [-0.39, 0.29) is 11.8 Å². The summed E-state index contributed by atoms with van der Waals surface area (Å²) in [4.78, 5) is 12.4. The van der Waals surface area contributed by atoms with E-state index in [1.54, 1.807) is 24.3 Å². The fourth-order valence-corrected chi connectivity index (χ4v) is 3.57. The minimum absolute atomic E-state index is 0.114. The molecule has 0 aromatic heterocycles.